The summed E-state index contributed by atoms with van der Waals surface area (Å²) in [6.07, 6.45) is 3.78. The number of nitrogens with zero attached hydrogens (tertiary/aromatic N) is 2. The van der Waals surface area contributed by atoms with E-state index in [1.807, 2.05) is 23.6 Å². The zero-order valence-corrected chi connectivity index (χ0v) is 13.0. The lowest BCUT2D eigenvalue weighted by Crippen LogP contribution is -2.26. The number of carbonyl (C=O) groups excluding carboxylic acids is 1. The summed E-state index contributed by atoms with van der Waals surface area (Å²) >= 11 is 1.54. The molecule has 2 N–H and O–H groups in total. The van der Waals surface area contributed by atoms with E-state index in [2.05, 4.69) is 20.3 Å². The van der Waals surface area contributed by atoms with Gasteiger partial charge in [-0.25, -0.2) is 4.98 Å². The molecular weight excluding hydrogens is 312 g/mol. The highest BCUT2D eigenvalue weighted by Gasteiger charge is 2.07. The maximum absolute atomic E-state index is 11.9. The van der Waals surface area contributed by atoms with Crippen molar-refractivity contribution in [3.8, 4) is 11.4 Å². The molecule has 0 unspecified atom stereocenters. The highest BCUT2D eigenvalue weighted by atomic mass is 32.1. The van der Waals surface area contributed by atoms with E-state index in [4.69, 9.17) is 0 Å². The van der Waals surface area contributed by atoms with Crippen molar-refractivity contribution in [1.82, 2.24) is 20.3 Å². The number of rotatable bonds is 5. The number of aromatic amines is 1. The summed E-state index contributed by atoms with van der Waals surface area (Å²) in [7, 11) is 0. The average Bonchev–Trinajstić information content (AvgIpc) is 3.05. The molecule has 7 heteroatoms. The van der Waals surface area contributed by atoms with Crippen molar-refractivity contribution in [1.29, 1.82) is 0 Å². The van der Waals surface area contributed by atoms with E-state index < -0.39 is 0 Å². The maximum atomic E-state index is 11.9. The number of H-pyrrole nitrogens is 1. The summed E-state index contributed by atoms with van der Waals surface area (Å²) in [5.74, 6) is -0.220. The van der Waals surface area contributed by atoms with Gasteiger partial charge in [0.25, 0.3) is 5.91 Å². The molecule has 0 fully saturated rings. The Balaban J connectivity index is 1.55. The Kier molecular flexibility index (Phi) is 4.58. The minimum Gasteiger partial charge on any atom is -0.352 e. The van der Waals surface area contributed by atoms with Crippen LogP contribution in [0.15, 0.2) is 52.9 Å². The molecule has 0 aliphatic carbocycles. The lowest BCUT2D eigenvalue weighted by atomic mass is 10.2. The number of amides is 1. The van der Waals surface area contributed by atoms with E-state index >= 15 is 0 Å². The van der Waals surface area contributed by atoms with Gasteiger partial charge in [0.05, 0.1) is 22.0 Å². The largest absolute Gasteiger partial charge is 0.352 e. The van der Waals surface area contributed by atoms with Crippen LogP contribution in [0.2, 0.25) is 0 Å². The third kappa shape index (κ3) is 3.89. The van der Waals surface area contributed by atoms with Gasteiger partial charge < -0.3 is 10.3 Å². The predicted molar refractivity (Wildman–Crippen MR) is 88.4 cm³/mol. The quantitative estimate of drug-likeness (QED) is 0.749. The first-order valence-corrected chi connectivity index (χ1v) is 7.93. The van der Waals surface area contributed by atoms with Gasteiger partial charge in [0.15, 0.2) is 0 Å². The third-order valence-corrected chi connectivity index (χ3v) is 4.06. The van der Waals surface area contributed by atoms with Gasteiger partial charge in [-0.05, 0) is 18.2 Å². The number of hydrogen-bond donors (Lipinski definition) is 2. The van der Waals surface area contributed by atoms with Gasteiger partial charge >= 0.3 is 0 Å². The molecule has 0 atom stereocenters. The van der Waals surface area contributed by atoms with Gasteiger partial charge in [0.1, 0.15) is 0 Å². The third-order valence-electron chi connectivity index (χ3n) is 3.15. The summed E-state index contributed by atoms with van der Waals surface area (Å²) in [5.41, 5.74) is 1.88. The van der Waals surface area contributed by atoms with E-state index in [1.54, 1.807) is 17.5 Å². The molecule has 116 valence electrons. The molecule has 3 heterocycles. The number of aromatic nitrogens is 3. The fraction of sp³-hybridized carbons (Fsp3) is 0.125. The molecule has 23 heavy (non-hydrogen) atoms. The number of pyridine rings is 2. The number of carbonyl (C=O) groups is 1. The number of hydrogen-bond acceptors (Lipinski definition) is 5. The van der Waals surface area contributed by atoms with Crippen LogP contribution in [0.5, 0.6) is 0 Å². The first-order chi connectivity index (χ1) is 11.2. The van der Waals surface area contributed by atoms with Crippen LogP contribution in [0.4, 0.5) is 0 Å². The summed E-state index contributed by atoms with van der Waals surface area (Å²) in [5, 5.41) is 5.70. The zero-order chi connectivity index (χ0) is 16.1. The first kappa shape index (κ1) is 15.1. The average molecular weight is 326 g/mol. The van der Waals surface area contributed by atoms with Crippen molar-refractivity contribution < 1.29 is 4.79 Å². The van der Waals surface area contributed by atoms with Crippen molar-refractivity contribution in [3.63, 3.8) is 0 Å². The molecule has 0 saturated carbocycles. The lowest BCUT2D eigenvalue weighted by molar-refractivity contribution is 0.0953. The van der Waals surface area contributed by atoms with Crippen molar-refractivity contribution in [2.45, 2.75) is 6.42 Å². The fourth-order valence-electron chi connectivity index (χ4n) is 1.99. The molecule has 1 amide bonds. The second-order valence-corrected chi connectivity index (χ2v) is 5.73. The van der Waals surface area contributed by atoms with E-state index in [0.717, 1.165) is 16.4 Å². The van der Waals surface area contributed by atoms with Gasteiger partial charge in [0, 0.05) is 36.8 Å². The highest BCUT2D eigenvalue weighted by molar-refractivity contribution is 7.09. The molecule has 3 aromatic rings. The Morgan fingerprint density at radius 1 is 1.22 bits per heavy atom. The van der Waals surface area contributed by atoms with Gasteiger partial charge in [-0.15, -0.1) is 11.3 Å². The smallest absolute Gasteiger partial charge is 0.252 e. The van der Waals surface area contributed by atoms with E-state index in [0.29, 0.717) is 18.5 Å². The monoisotopic (exact) mass is 326 g/mol. The van der Waals surface area contributed by atoms with Crippen LogP contribution in [-0.2, 0) is 6.42 Å². The van der Waals surface area contributed by atoms with Crippen LogP contribution in [0.3, 0.4) is 0 Å². The number of thiazole rings is 1. The second-order valence-electron chi connectivity index (χ2n) is 4.79. The van der Waals surface area contributed by atoms with Crippen LogP contribution >= 0.6 is 11.3 Å². The van der Waals surface area contributed by atoms with Crippen molar-refractivity contribution in [3.05, 3.63) is 69.0 Å². The molecule has 0 aromatic carbocycles. The topological polar surface area (TPSA) is 87.7 Å². The minimum absolute atomic E-state index is 0.220. The minimum atomic E-state index is -0.230. The SMILES string of the molecule is O=C(NCCc1nc(-c2ccccn2)cs1)c1ccc(=O)[nH]c1. The molecule has 0 bridgehead atoms. The highest BCUT2D eigenvalue weighted by Crippen LogP contribution is 2.19. The molecule has 6 nitrogen and oxygen atoms in total. The molecular formula is C16H14N4O2S. The second kappa shape index (κ2) is 6.97. The van der Waals surface area contributed by atoms with Crippen LogP contribution in [0, 0.1) is 0 Å². The lowest BCUT2D eigenvalue weighted by Gasteiger charge is -2.03. The molecule has 3 rings (SSSR count). The summed E-state index contributed by atoms with van der Waals surface area (Å²) in [6, 6.07) is 8.53. The van der Waals surface area contributed by atoms with E-state index in [1.165, 1.54) is 18.3 Å². The predicted octanol–water partition coefficient (Wildman–Crippen LogP) is 1.87. The van der Waals surface area contributed by atoms with Crippen LogP contribution in [-0.4, -0.2) is 27.4 Å². The normalized spacial score (nSPS) is 10.4. The van der Waals surface area contributed by atoms with Gasteiger partial charge in [-0.2, -0.15) is 0 Å². The zero-order valence-electron chi connectivity index (χ0n) is 12.2. The van der Waals surface area contributed by atoms with Gasteiger partial charge in [0.2, 0.25) is 5.56 Å². The molecule has 0 saturated heterocycles. The number of nitrogens with one attached hydrogen (secondary N) is 2. The Bertz CT molecular complexity index is 837. The van der Waals surface area contributed by atoms with E-state index in [-0.39, 0.29) is 11.5 Å². The van der Waals surface area contributed by atoms with Crippen LogP contribution in [0.25, 0.3) is 11.4 Å². The Labute approximate surface area is 136 Å². The molecule has 0 aliphatic heterocycles. The molecule has 0 spiro atoms. The first-order valence-electron chi connectivity index (χ1n) is 7.05. The van der Waals surface area contributed by atoms with Crippen molar-refractivity contribution >= 4 is 17.2 Å². The Morgan fingerprint density at radius 3 is 2.87 bits per heavy atom. The summed E-state index contributed by atoms with van der Waals surface area (Å²) in [4.78, 5) is 34.1. The molecule has 0 aliphatic rings. The van der Waals surface area contributed by atoms with E-state index in [9.17, 15) is 9.59 Å². The van der Waals surface area contributed by atoms with Gasteiger partial charge in [-0.3, -0.25) is 14.6 Å². The Morgan fingerprint density at radius 2 is 2.13 bits per heavy atom. The molecule has 3 aromatic heterocycles. The fourth-order valence-corrected chi connectivity index (χ4v) is 2.79. The van der Waals surface area contributed by atoms with Crippen LogP contribution in [0.1, 0.15) is 15.4 Å². The van der Waals surface area contributed by atoms with Gasteiger partial charge in [-0.1, -0.05) is 6.07 Å². The van der Waals surface area contributed by atoms with Crippen LogP contribution < -0.4 is 10.9 Å². The standard InChI is InChI=1S/C16H14N4O2S/c21-14-5-4-11(9-19-14)16(22)18-8-6-15-20-13(10-23-15)12-3-1-2-7-17-12/h1-5,7,9-10H,6,8H2,(H,18,22)(H,19,21). The summed E-state index contributed by atoms with van der Waals surface area (Å²) < 4.78 is 0. The van der Waals surface area contributed by atoms with Crippen molar-refractivity contribution in [2.75, 3.05) is 6.54 Å². The maximum Gasteiger partial charge on any atom is 0.252 e. The molecule has 0 radical (unpaired) electrons. The van der Waals surface area contributed by atoms with Crippen molar-refractivity contribution in [2.24, 2.45) is 0 Å². The summed E-state index contributed by atoms with van der Waals surface area (Å²) in [6.45, 7) is 0.479. The Hall–Kier alpha value is -2.80.